The average Bonchev–Trinajstić information content (AvgIpc) is 3.17. The van der Waals surface area contributed by atoms with Crippen LogP contribution in [0, 0.1) is 0 Å². The molecule has 0 radical (unpaired) electrons. The number of amides is 1. The van der Waals surface area contributed by atoms with E-state index in [0.29, 0.717) is 6.04 Å². The molecule has 1 saturated carbocycles. The second-order valence-electron chi connectivity index (χ2n) is 6.37. The van der Waals surface area contributed by atoms with Gasteiger partial charge in [-0.2, -0.15) is 0 Å². The van der Waals surface area contributed by atoms with Gasteiger partial charge in [0, 0.05) is 6.04 Å². The highest BCUT2D eigenvalue weighted by Gasteiger charge is 2.36. The highest BCUT2D eigenvalue weighted by atomic mass is 16.7. The van der Waals surface area contributed by atoms with Gasteiger partial charge >= 0.3 is 0 Å². The number of likely N-dealkylation sites (tertiary alicyclic amines) is 1. The van der Waals surface area contributed by atoms with Gasteiger partial charge in [0.1, 0.15) is 0 Å². The molecule has 3 fully saturated rings. The van der Waals surface area contributed by atoms with Crippen molar-refractivity contribution < 1.29 is 9.63 Å². The maximum atomic E-state index is 12.4. The Balaban J connectivity index is 1.49. The summed E-state index contributed by atoms with van der Waals surface area (Å²) in [7, 11) is 0. The third-order valence-electron chi connectivity index (χ3n) is 5.00. The van der Waals surface area contributed by atoms with E-state index in [1.165, 1.54) is 12.8 Å². The lowest BCUT2D eigenvalue weighted by Crippen LogP contribution is -2.51. The Kier molecular flexibility index (Phi) is 4.91. The molecule has 114 valence electrons. The molecule has 0 aromatic heterocycles. The van der Waals surface area contributed by atoms with Gasteiger partial charge in [-0.05, 0) is 58.2 Å². The molecule has 0 spiro atoms. The molecule has 3 rings (SSSR count). The van der Waals surface area contributed by atoms with Crippen LogP contribution >= 0.6 is 0 Å². The second-order valence-corrected chi connectivity index (χ2v) is 6.37. The first kappa shape index (κ1) is 14.3. The third-order valence-corrected chi connectivity index (χ3v) is 5.00. The number of hydrogen-bond acceptors (Lipinski definition) is 4. The fourth-order valence-corrected chi connectivity index (χ4v) is 3.86. The third kappa shape index (κ3) is 3.32. The summed E-state index contributed by atoms with van der Waals surface area (Å²) in [6.45, 7) is 3.22. The highest BCUT2D eigenvalue weighted by molar-refractivity contribution is 5.81. The van der Waals surface area contributed by atoms with Crippen LogP contribution in [0.15, 0.2) is 0 Å². The Morgan fingerprint density at radius 2 is 1.80 bits per heavy atom. The van der Waals surface area contributed by atoms with Gasteiger partial charge in [-0.25, -0.2) is 5.48 Å². The number of carbonyl (C=O) groups excluding carboxylic acids is 1. The van der Waals surface area contributed by atoms with E-state index in [0.717, 1.165) is 58.2 Å². The molecule has 5 nitrogen and oxygen atoms in total. The minimum absolute atomic E-state index is 0.0273. The quantitative estimate of drug-likeness (QED) is 0.760. The van der Waals surface area contributed by atoms with Crippen molar-refractivity contribution in [3.8, 4) is 0 Å². The molecule has 0 aromatic carbocycles. The molecule has 1 aliphatic carbocycles. The lowest BCUT2D eigenvalue weighted by atomic mass is 10.0. The van der Waals surface area contributed by atoms with Gasteiger partial charge in [-0.15, -0.1) is 0 Å². The van der Waals surface area contributed by atoms with Gasteiger partial charge in [-0.3, -0.25) is 14.5 Å². The summed E-state index contributed by atoms with van der Waals surface area (Å²) >= 11 is 0. The van der Waals surface area contributed by atoms with Crippen molar-refractivity contribution in [1.82, 2.24) is 15.7 Å². The maximum Gasteiger partial charge on any atom is 0.260 e. The van der Waals surface area contributed by atoms with Crippen LogP contribution in [0.4, 0.5) is 0 Å². The lowest BCUT2D eigenvalue weighted by molar-refractivity contribution is -0.143. The van der Waals surface area contributed by atoms with Gasteiger partial charge in [-0.1, -0.05) is 12.8 Å². The van der Waals surface area contributed by atoms with E-state index in [1.807, 2.05) is 0 Å². The van der Waals surface area contributed by atoms with Crippen LogP contribution in [0.25, 0.3) is 0 Å². The van der Waals surface area contributed by atoms with Crippen LogP contribution in [0.2, 0.25) is 0 Å². The van der Waals surface area contributed by atoms with E-state index in [4.69, 9.17) is 4.84 Å². The first-order valence-corrected chi connectivity index (χ1v) is 8.26. The number of piperidine rings is 1. The van der Waals surface area contributed by atoms with Gasteiger partial charge in [0.05, 0.1) is 12.1 Å². The number of nitrogens with zero attached hydrogens (tertiary/aromatic N) is 1. The Hall–Kier alpha value is -0.650. The zero-order valence-corrected chi connectivity index (χ0v) is 12.3. The topological polar surface area (TPSA) is 53.6 Å². The average molecular weight is 281 g/mol. The van der Waals surface area contributed by atoms with Crippen LogP contribution in [0.3, 0.4) is 0 Å². The lowest BCUT2D eigenvalue weighted by Gasteiger charge is -2.35. The normalized spacial score (nSPS) is 29.9. The summed E-state index contributed by atoms with van der Waals surface area (Å²) in [5.74, 6) is 0.0768. The summed E-state index contributed by atoms with van der Waals surface area (Å²) in [6, 6.07) is 0.598. The molecule has 2 N–H and O–H groups in total. The number of carbonyl (C=O) groups is 1. The molecule has 1 atom stereocenters. The molecule has 3 aliphatic rings. The van der Waals surface area contributed by atoms with E-state index in [2.05, 4.69) is 15.7 Å². The summed E-state index contributed by atoms with van der Waals surface area (Å²) < 4.78 is 0. The standard InChI is InChI=1S/C15H27N3O2/c19-15(17-20-13-4-1-2-5-13)14-6-3-11-18(14)12-7-9-16-10-8-12/h12-14,16H,1-11H2,(H,17,19). The Morgan fingerprint density at radius 3 is 2.55 bits per heavy atom. The van der Waals surface area contributed by atoms with Crippen LogP contribution in [-0.2, 0) is 9.63 Å². The predicted octanol–water partition coefficient (Wildman–Crippen LogP) is 1.19. The van der Waals surface area contributed by atoms with E-state index >= 15 is 0 Å². The molecule has 2 heterocycles. The second kappa shape index (κ2) is 6.87. The van der Waals surface area contributed by atoms with E-state index in [-0.39, 0.29) is 18.1 Å². The Labute approximate surface area is 121 Å². The number of hydroxylamine groups is 1. The highest BCUT2D eigenvalue weighted by Crippen LogP contribution is 2.25. The summed E-state index contributed by atoms with van der Waals surface area (Å²) in [4.78, 5) is 20.3. The van der Waals surface area contributed by atoms with Crippen molar-refractivity contribution in [2.24, 2.45) is 0 Å². The van der Waals surface area contributed by atoms with Gasteiger partial charge in [0.25, 0.3) is 5.91 Å². The minimum atomic E-state index is 0.0273. The van der Waals surface area contributed by atoms with Crippen molar-refractivity contribution in [3.05, 3.63) is 0 Å². The van der Waals surface area contributed by atoms with Crippen LogP contribution in [0.5, 0.6) is 0 Å². The number of rotatable bonds is 4. The fraction of sp³-hybridized carbons (Fsp3) is 0.933. The van der Waals surface area contributed by atoms with Crippen molar-refractivity contribution >= 4 is 5.91 Å². The number of hydrogen-bond donors (Lipinski definition) is 2. The summed E-state index contributed by atoms with van der Waals surface area (Å²) in [5.41, 5.74) is 2.74. The molecule has 0 bridgehead atoms. The molecular weight excluding hydrogens is 254 g/mol. The molecule has 1 unspecified atom stereocenters. The van der Waals surface area contributed by atoms with Crippen molar-refractivity contribution in [2.45, 2.75) is 69.6 Å². The minimum Gasteiger partial charge on any atom is -0.317 e. The smallest absolute Gasteiger partial charge is 0.260 e. The first-order chi connectivity index (χ1) is 9.84. The maximum absolute atomic E-state index is 12.4. The largest absolute Gasteiger partial charge is 0.317 e. The molecule has 2 saturated heterocycles. The van der Waals surface area contributed by atoms with E-state index in [9.17, 15) is 4.79 Å². The SMILES string of the molecule is O=C(NOC1CCCC1)C1CCCN1C1CCNCC1. The van der Waals surface area contributed by atoms with Gasteiger partial charge < -0.3 is 5.32 Å². The van der Waals surface area contributed by atoms with Gasteiger partial charge in [0.15, 0.2) is 0 Å². The van der Waals surface area contributed by atoms with Crippen molar-refractivity contribution in [2.75, 3.05) is 19.6 Å². The van der Waals surface area contributed by atoms with Crippen LogP contribution in [-0.4, -0.2) is 48.6 Å². The predicted molar refractivity (Wildman–Crippen MR) is 77.1 cm³/mol. The Bertz CT molecular complexity index is 325. The molecule has 1 amide bonds. The molecular formula is C15H27N3O2. The number of nitrogens with one attached hydrogen (secondary N) is 2. The summed E-state index contributed by atoms with van der Waals surface area (Å²) in [5, 5.41) is 3.39. The zero-order valence-electron chi connectivity index (χ0n) is 12.3. The van der Waals surface area contributed by atoms with E-state index < -0.39 is 0 Å². The first-order valence-electron chi connectivity index (χ1n) is 8.26. The van der Waals surface area contributed by atoms with Crippen molar-refractivity contribution in [3.63, 3.8) is 0 Å². The molecule has 20 heavy (non-hydrogen) atoms. The molecule has 5 heteroatoms. The van der Waals surface area contributed by atoms with Gasteiger partial charge in [0.2, 0.25) is 0 Å². The zero-order chi connectivity index (χ0) is 13.8. The fourth-order valence-electron chi connectivity index (χ4n) is 3.86. The molecule has 0 aromatic rings. The van der Waals surface area contributed by atoms with Crippen LogP contribution in [0.1, 0.15) is 51.4 Å². The monoisotopic (exact) mass is 281 g/mol. The van der Waals surface area contributed by atoms with Crippen LogP contribution < -0.4 is 10.8 Å². The molecule has 2 aliphatic heterocycles. The summed E-state index contributed by atoms with van der Waals surface area (Å²) in [6.07, 6.45) is 9.30. The van der Waals surface area contributed by atoms with E-state index in [1.54, 1.807) is 0 Å². The Morgan fingerprint density at radius 1 is 1.05 bits per heavy atom. The van der Waals surface area contributed by atoms with Crippen molar-refractivity contribution in [1.29, 1.82) is 0 Å².